The molecule has 2 rings (SSSR count). The minimum atomic E-state index is -0.727. The quantitative estimate of drug-likeness (QED) is 0.742. The van der Waals surface area contributed by atoms with Gasteiger partial charge in [-0.25, -0.2) is 0 Å². The van der Waals surface area contributed by atoms with Gasteiger partial charge in [-0.05, 0) is 25.3 Å². The summed E-state index contributed by atoms with van der Waals surface area (Å²) in [5.41, 5.74) is -0.644. The van der Waals surface area contributed by atoms with Gasteiger partial charge in [-0.15, -0.1) is 0 Å². The first-order valence-corrected chi connectivity index (χ1v) is 6.25. The van der Waals surface area contributed by atoms with Crippen LogP contribution in [0.15, 0.2) is 0 Å². The average molecular weight is 227 g/mol. The van der Waals surface area contributed by atoms with E-state index in [1.54, 1.807) is 0 Å². The first kappa shape index (κ1) is 11.9. The summed E-state index contributed by atoms with van der Waals surface area (Å²) in [6.07, 6.45) is 6.62. The van der Waals surface area contributed by atoms with Gasteiger partial charge in [0.05, 0.1) is 13.2 Å². The van der Waals surface area contributed by atoms with Crippen LogP contribution in [0.4, 0.5) is 0 Å². The SMILES string of the molecule is O=C(O)C1(CNCC2CCCCC2)COC1. The molecule has 92 valence electrons. The van der Waals surface area contributed by atoms with Gasteiger partial charge in [0.15, 0.2) is 0 Å². The summed E-state index contributed by atoms with van der Waals surface area (Å²) in [6.45, 7) is 2.24. The Hall–Kier alpha value is -0.610. The number of hydrogen-bond donors (Lipinski definition) is 2. The molecule has 0 aromatic rings. The zero-order valence-corrected chi connectivity index (χ0v) is 9.71. The highest BCUT2D eigenvalue weighted by molar-refractivity contribution is 5.76. The molecule has 0 amide bonds. The first-order chi connectivity index (χ1) is 7.73. The predicted octanol–water partition coefficient (Wildman–Crippen LogP) is 1.26. The fourth-order valence-electron chi connectivity index (χ4n) is 2.56. The molecular formula is C12H21NO3. The molecule has 1 saturated carbocycles. The predicted molar refractivity (Wildman–Crippen MR) is 60.3 cm³/mol. The minimum absolute atomic E-state index is 0.361. The largest absolute Gasteiger partial charge is 0.481 e. The van der Waals surface area contributed by atoms with Crippen LogP contribution in [0.1, 0.15) is 32.1 Å². The van der Waals surface area contributed by atoms with Crippen LogP contribution < -0.4 is 5.32 Å². The maximum atomic E-state index is 11.1. The van der Waals surface area contributed by atoms with Gasteiger partial charge in [0.1, 0.15) is 5.41 Å². The van der Waals surface area contributed by atoms with Crippen molar-refractivity contribution >= 4 is 5.97 Å². The van der Waals surface area contributed by atoms with Crippen LogP contribution in [-0.4, -0.2) is 37.4 Å². The molecule has 0 bridgehead atoms. The smallest absolute Gasteiger partial charge is 0.315 e. The number of carboxylic acid groups (broad SMARTS) is 1. The third-order valence-electron chi connectivity index (χ3n) is 3.83. The van der Waals surface area contributed by atoms with E-state index >= 15 is 0 Å². The van der Waals surface area contributed by atoms with E-state index < -0.39 is 11.4 Å². The highest BCUT2D eigenvalue weighted by atomic mass is 16.5. The standard InChI is InChI=1S/C12H21NO3/c14-11(15)12(8-16-9-12)7-13-6-10-4-2-1-3-5-10/h10,13H,1-9H2,(H,14,15). The van der Waals surface area contributed by atoms with E-state index in [0.717, 1.165) is 12.5 Å². The molecule has 0 radical (unpaired) electrons. The van der Waals surface area contributed by atoms with Gasteiger partial charge in [-0.2, -0.15) is 0 Å². The van der Waals surface area contributed by atoms with Crippen molar-refractivity contribution in [3.63, 3.8) is 0 Å². The van der Waals surface area contributed by atoms with E-state index in [0.29, 0.717) is 19.8 Å². The molecule has 2 fully saturated rings. The Morgan fingerprint density at radius 1 is 1.31 bits per heavy atom. The number of ether oxygens (including phenoxy) is 1. The molecule has 0 atom stereocenters. The van der Waals surface area contributed by atoms with Crippen molar-refractivity contribution in [1.82, 2.24) is 5.32 Å². The fourth-order valence-corrected chi connectivity index (χ4v) is 2.56. The molecule has 4 nitrogen and oxygen atoms in total. The zero-order chi connectivity index (χ0) is 11.4. The van der Waals surface area contributed by atoms with Crippen LogP contribution in [0, 0.1) is 11.3 Å². The lowest BCUT2D eigenvalue weighted by molar-refractivity contribution is -0.178. The average Bonchev–Trinajstić information content (AvgIpc) is 2.23. The maximum Gasteiger partial charge on any atom is 0.315 e. The fraction of sp³-hybridized carbons (Fsp3) is 0.917. The Kier molecular flexibility index (Phi) is 3.82. The lowest BCUT2D eigenvalue weighted by atomic mass is 9.85. The van der Waals surface area contributed by atoms with E-state index in [1.165, 1.54) is 32.1 Å². The van der Waals surface area contributed by atoms with Crippen LogP contribution in [0.3, 0.4) is 0 Å². The maximum absolute atomic E-state index is 11.1. The molecule has 0 aromatic heterocycles. The van der Waals surface area contributed by atoms with Gasteiger partial charge in [-0.3, -0.25) is 4.79 Å². The van der Waals surface area contributed by atoms with Gasteiger partial charge >= 0.3 is 5.97 Å². The highest BCUT2D eigenvalue weighted by Crippen LogP contribution is 2.27. The van der Waals surface area contributed by atoms with Crippen molar-refractivity contribution in [2.45, 2.75) is 32.1 Å². The summed E-state index contributed by atoms with van der Waals surface area (Å²) >= 11 is 0. The van der Waals surface area contributed by atoms with Gasteiger partial charge in [0, 0.05) is 6.54 Å². The molecule has 0 aromatic carbocycles. The van der Waals surface area contributed by atoms with Crippen LogP contribution in [0.25, 0.3) is 0 Å². The molecule has 1 aliphatic carbocycles. The lowest BCUT2D eigenvalue weighted by Gasteiger charge is -2.38. The van der Waals surface area contributed by atoms with Gasteiger partial charge in [0.2, 0.25) is 0 Å². The Morgan fingerprint density at radius 2 is 2.00 bits per heavy atom. The summed E-state index contributed by atoms with van der Waals surface area (Å²) in [7, 11) is 0. The molecule has 2 N–H and O–H groups in total. The van der Waals surface area contributed by atoms with Gasteiger partial charge in [0.25, 0.3) is 0 Å². The van der Waals surface area contributed by atoms with Crippen molar-refractivity contribution in [3.8, 4) is 0 Å². The number of carbonyl (C=O) groups is 1. The van der Waals surface area contributed by atoms with E-state index in [2.05, 4.69) is 5.32 Å². The Balaban J connectivity index is 1.68. The molecule has 4 heteroatoms. The summed E-state index contributed by atoms with van der Waals surface area (Å²) in [4.78, 5) is 11.1. The van der Waals surface area contributed by atoms with Crippen LogP contribution in [-0.2, 0) is 9.53 Å². The number of aliphatic carboxylic acids is 1. The van der Waals surface area contributed by atoms with E-state index in [-0.39, 0.29) is 0 Å². The molecule has 1 heterocycles. The molecule has 0 unspecified atom stereocenters. The molecular weight excluding hydrogens is 206 g/mol. The third kappa shape index (κ3) is 2.55. The van der Waals surface area contributed by atoms with Gasteiger partial charge in [-0.1, -0.05) is 19.3 Å². The molecule has 1 saturated heterocycles. The normalized spacial score (nSPS) is 25.0. The van der Waals surface area contributed by atoms with Crippen molar-refractivity contribution in [2.75, 3.05) is 26.3 Å². The minimum Gasteiger partial charge on any atom is -0.481 e. The van der Waals surface area contributed by atoms with Crippen molar-refractivity contribution < 1.29 is 14.6 Å². The van der Waals surface area contributed by atoms with E-state index in [9.17, 15) is 4.79 Å². The molecule has 0 spiro atoms. The third-order valence-corrected chi connectivity index (χ3v) is 3.83. The Bertz CT molecular complexity index is 245. The van der Waals surface area contributed by atoms with Gasteiger partial charge < -0.3 is 15.2 Å². The number of nitrogens with one attached hydrogen (secondary N) is 1. The molecule has 16 heavy (non-hydrogen) atoms. The number of hydrogen-bond acceptors (Lipinski definition) is 3. The second kappa shape index (κ2) is 5.15. The summed E-state index contributed by atoms with van der Waals surface area (Å²) in [6, 6.07) is 0. The molecule has 1 aliphatic heterocycles. The molecule has 2 aliphatic rings. The van der Waals surface area contributed by atoms with Crippen molar-refractivity contribution in [2.24, 2.45) is 11.3 Å². The summed E-state index contributed by atoms with van der Waals surface area (Å²) < 4.78 is 5.02. The van der Waals surface area contributed by atoms with Crippen LogP contribution >= 0.6 is 0 Å². The van der Waals surface area contributed by atoms with E-state index in [1.807, 2.05) is 0 Å². The second-order valence-electron chi connectivity index (χ2n) is 5.21. The first-order valence-electron chi connectivity index (χ1n) is 6.25. The van der Waals surface area contributed by atoms with E-state index in [4.69, 9.17) is 9.84 Å². The number of rotatable bonds is 5. The van der Waals surface area contributed by atoms with Crippen molar-refractivity contribution in [3.05, 3.63) is 0 Å². The van der Waals surface area contributed by atoms with Crippen LogP contribution in [0.5, 0.6) is 0 Å². The number of carboxylic acids is 1. The monoisotopic (exact) mass is 227 g/mol. The summed E-state index contributed by atoms with van der Waals surface area (Å²) in [5.74, 6) is 0.0236. The Morgan fingerprint density at radius 3 is 2.50 bits per heavy atom. The Labute approximate surface area is 96.4 Å². The second-order valence-corrected chi connectivity index (χ2v) is 5.21. The van der Waals surface area contributed by atoms with Crippen molar-refractivity contribution in [1.29, 1.82) is 0 Å². The summed E-state index contributed by atoms with van der Waals surface area (Å²) in [5, 5.41) is 12.4. The highest BCUT2D eigenvalue weighted by Gasteiger charge is 2.45. The van der Waals surface area contributed by atoms with Crippen LogP contribution in [0.2, 0.25) is 0 Å². The topological polar surface area (TPSA) is 58.6 Å². The zero-order valence-electron chi connectivity index (χ0n) is 9.71. The lowest BCUT2D eigenvalue weighted by Crippen LogP contribution is -2.55.